The van der Waals surface area contributed by atoms with Gasteiger partial charge in [0.25, 0.3) is 0 Å². The van der Waals surface area contributed by atoms with E-state index in [1.54, 1.807) is 12.1 Å². The van der Waals surface area contributed by atoms with Gasteiger partial charge in [0.2, 0.25) is 0 Å². The Kier molecular flexibility index (Phi) is 8.72. The van der Waals surface area contributed by atoms with Gasteiger partial charge in [0.1, 0.15) is 12.6 Å². The molecule has 0 aromatic carbocycles. The zero-order valence-corrected chi connectivity index (χ0v) is 13.6. The van der Waals surface area contributed by atoms with Crippen molar-refractivity contribution in [3.63, 3.8) is 0 Å². The summed E-state index contributed by atoms with van der Waals surface area (Å²) in [6, 6.07) is 3.49. The molecule has 1 aromatic heterocycles. The number of aromatic nitrogens is 1. The van der Waals surface area contributed by atoms with Gasteiger partial charge in [-0.25, -0.2) is 9.36 Å². The molecule has 0 unspecified atom stereocenters. The van der Waals surface area contributed by atoms with Crippen LogP contribution in [-0.4, -0.2) is 11.1 Å². The van der Waals surface area contributed by atoms with Crippen molar-refractivity contribution in [2.45, 2.75) is 71.1 Å². The largest absolute Gasteiger partial charge is 0.477 e. The van der Waals surface area contributed by atoms with Crippen LogP contribution in [0.5, 0.6) is 0 Å². The van der Waals surface area contributed by atoms with E-state index in [0.717, 1.165) is 18.5 Å². The maximum Gasteiger partial charge on any atom is 0.342 e. The Morgan fingerprint density at radius 3 is 2.19 bits per heavy atom. The number of carbonyl (C=O) groups is 1. The standard InChI is InChI=1S/C18H29NO2/c1-3-4-5-6-7-8-9-10-11-14-17-16(18(20)21)13-12-15-19(17)2/h12-13,15H,3-11,14H2,1-2H3/p+1. The molecule has 118 valence electrons. The Labute approximate surface area is 129 Å². The van der Waals surface area contributed by atoms with Crippen molar-refractivity contribution in [3.8, 4) is 0 Å². The first-order chi connectivity index (χ1) is 10.2. The summed E-state index contributed by atoms with van der Waals surface area (Å²) in [5, 5.41) is 9.22. The van der Waals surface area contributed by atoms with Crippen LogP contribution in [0.25, 0.3) is 0 Å². The third-order valence-electron chi connectivity index (χ3n) is 4.06. The molecular formula is C18H30NO2+. The summed E-state index contributed by atoms with van der Waals surface area (Å²) < 4.78 is 1.94. The van der Waals surface area contributed by atoms with Gasteiger partial charge in [-0.3, -0.25) is 0 Å². The fourth-order valence-electron chi connectivity index (χ4n) is 2.75. The molecule has 0 aliphatic rings. The average molecular weight is 292 g/mol. The fraction of sp³-hybridized carbons (Fsp3) is 0.667. The molecule has 0 amide bonds. The number of nitrogens with zero attached hydrogens (tertiary/aromatic N) is 1. The van der Waals surface area contributed by atoms with E-state index < -0.39 is 5.97 Å². The normalized spacial score (nSPS) is 10.8. The quantitative estimate of drug-likeness (QED) is 0.488. The Hall–Kier alpha value is -1.38. The molecule has 0 radical (unpaired) electrons. The smallest absolute Gasteiger partial charge is 0.342 e. The summed E-state index contributed by atoms with van der Waals surface area (Å²) in [6.07, 6.45) is 14.4. The minimum atomic E-state index is -0.822. The average Bonchev–Trinajstić information content (AvgIpc) is 2.46. The molecule has 1 aromatic rings. The van der Waals surface area contributed by atoms with Gasteiger partial charge in [0, 0.05) is 12.5 Å². The number of carboxylic acid groups (broad SMARTS) is 1. The minimum Gasteiger partial charge on any atom is -0.477 e. The minimum absolute atomic E-state index is 0.444. The lowest BCUT2D eigenvalue weighted by Gasteiger charge is -2.04. The summed E-state index contributed by atoms with van der Waals surface area (Å²) in [5.74, 6) is -0.822. The molecule has 21 heavy (non-hydrogen) atoms. The molecular weight excluding hydrogens is 262 g/mol. The zero-order valence-electron chi connectivity index (χ0n) is 13.6. The molecule has 3 heteroatoms. The highest BCUT2D eigenvalue weighted by molar-refractivity contribution is 5.88. The van der Waals surface area contributed by atoms with Gasteiger partial charge in [-0.1, -0.05) is 58.3 Å². The van der Waals surface area contributed by atoms with Crippen molar-refractivity contribution in [2.24, 2.45) is 7.05 Å². The van der Waals surface area contributed by atoms with Crippen molar-refractivity contribution in [3.05, 3.63) is 29.6 Å². The van der Waals surface area contributed by atoms with Crippen molar-refractivity contribution in [1.82, 2.24) is 0 Å². The second kappa shape index (κ2) is 10.4. The van der Waals surface area contributed by atoms with E-state index in [4.69, 9.17) is 0 Å². The molecule has 0 aliphatic carbocycles. The number of rotatable bonds is 11. The Morgan fingerprint density at radius 2 is 1.62 bits per heavy atom. The Bertz CT molecular complexity index is 429. The topological polar surface area (TPSA) is 41.2 Å². The van der Waals surface area contributed by atoms with Crippen LogP contribution in [-0.2, 0) is 13.5 Å². The lowest BCUT2D eigenvalue weighted by atomic mass is 10.0. The third-order valence-corrected chi connectivity index (χ3v) is 4.06. The van der Waals surface area contributed by atoms with Crippen LogP contribution >= 0.6 is 0 Å². The summed E-state index contributed by atoms with van der Waals surface area (Å²) in [7, 11) is 1.93. The predicted molar refractivity (Wildman–Crippen MR) is 85.5 cm³/mol. The van der Waals surface area contributed by atoms with Gasteiger partial charge in [-0.15, -0.1) is 0 Å². The number of pyridine rings is 1. The summed E-state index contributed by atoms with van der Waals surface area (Å²) >= 11 is 0. The molecule has 3 nitrogen and oxygen atoms in total. The van der Waals surface area contributed by atoms with Crippen LogP contribution in [0.15, 0.2) is 18.3 Å². The number of carboxylic acids is 1. The number of hydrogen-bond acceptors (Lipinski definition) is 1. The van der Waals surface area contributed by atoms with Gasteiger partial charge < -0.3 is 5.11 Å². The van der Waals surface area contributed by atoms with E-state index in [-0.39, 0.29) is 0 Å². The van der Waals surface area contributed by atoms with Crippen LogP contribution in [0.4, 0.5) is 0 Å². The van der Waals surface area contributed by atoms with E-state index in [1.165, 1.54) is 51.4 Å². The Balaban J connectivity index is 2.23. The summed E-state index contributed by atoms with van der Waals surface area (Å²) in [5.41, 5.74) is 1.38. The first kappa shape index (κ1) is 17.7. The highest BCUT2D eigenvalue weighted by atomic mass is 16.4. The molecule has 0 bridgehead atoms. The lowest BCUT2D eigenvalue weighted by Crippen LogP contribution is -2.35. The second-order valence-corrected chi connectivity index (χ2v) is 5.86. The molecule has 1 rings (SSSR count). The van der Waals surface area contributed by atoms with Crippen molar-refractivity contribution >= 4 is 5.97 Å². The van der Waals surface area contributed by atoms with Crippen molar-refractivity contribution in [2.75, 3.05) is 0 Å². The molecule has 0 saturated heterocycles. The van der Waals surface area contributed by atoms with Crippen LogP contribution < -0.4 is 4.57 Å². The van der Waals surface area contributed by atoms with Crippen LogP contribution in [0.3, 0.4) is 0 Å². The van der Waals surface area contributed by atoms with Gasteiger partial charge in [0.05, 0.1) is 0 Å². The van der Waals surface area contributed by atoms with Gasteiger partial charge in [0.15, 0.2) is 11.9 Å². The molecule has 0 aliphatic heterocycles. The second-order valence-electron chi connectivity index (χ2n) is 5.86. The van der Waals surface area contributed by atoms with E-state index in [1.807, 2.05) is 17.8 Å². The first-order valence-corrected chi connectivity index (χ1v) is 8.37. The van der Waals surface area contributed by atoms with E-state index in [0.29, 0.717) is 5.56 Å². The van der Waals surface area contributed by atoms with Crippen LogP contribution in [0.1, 0.15) is 80.8 Å². The molecule has 0 atom stereocenters. The van der Waals surface area contributed by atoms with Crippen LogP contribution in [0.2, 0.25) is 0 Å². The lowest BCUT2D eigenvalue weighted by molar-refractivity contribution is -0.679. The SMILES string of the molecule is CCCCCCCCCCCc1c(C(=O)O)ccc[n+]1C. The summed E-state index contributed by atoms with van der Waals surface area (Å²) in [4.78, 5) is 11.2. The third kappa shape index (κ3) is 6.74. The van der Waals surface area contributed by atoms with Gasteiger partial charge >= 0.3 is 5.97 Å². The Morgan fingerprint density at radius 1 is 1.05 bits per heavy atom. The van der Waals surface area contributed by atoms with Crippen LogP contribution in [0, 0.1) is 0 Å². The monoisotopic (exact) mass is 292 g/mol. The number of aromatic carboxylic acids is 1. The molecule has 1 N–H and O–H groups in total. The highest BCUT2D eigenvalue weighted by Gasteiger charge is 2.17. The molecule has 0 fully saturated rings. The van der Waals surface area contributed by atoms with E-state index >= 15 is 0 Å². The first-order valence-electron chi connectivity index (χ1n) is 8.37. The maximum absolute atomic E-state index is 11.2. The summed E-state index contributed by atoms with van der Waals surface area (Å²) in [6.45, 7) is 2.25. The van der Waals surface area contributed by atoms with Crippen molar-refractivity contribution in [1.29, 1.82) is 0 Å². The fourth-order valence-corrected chi connectivity index (χ4v) is 2.75. The number of hydrogen-bond donors (Lipinski definition) is 1. The van der Waals surface area contributed by atoms with E-state index in [2.05, 4.69) is 6.92 Å². The van der Waals surface area contributed by atoms with Crippen molar-refractivity contribution < 1.29 is 14.5 Å². The zero-order chi connectivity index (χ0) is 15.5. The predicted octanol–water partition coefficient (Wildman–Crippen LogP) is 4.28. The van der Waals surface area contributed by atoms with Gasteiger partial charge in [-0.05, 0) is 12.5 Å². The number of aryl methyl sites for hydroxylation is 1. The van der Waals surface area contributed by atoms with Gasteiger partial charge in [-0.2, -0.15) is 0 Å². The molecule has 0 spiro atoms. The highest BCUT2D eigenvalue weighted by Crippen LogP contribution is 2.12. The molecule has 0 saturated carbocycles. The van der Waals surface area contributed by atoms with E-state index in [9.17, 15) is 9.90 Å². The molecule has 1 heterocycles. The maximum atomic E-state index is 11.2. The number of unbranched alkanes of at least 4 members (excludes halogenated alkanes) is 8.